The summed E-state index contributed by atoms with van der Waals surface area (Å²) in [5, 5.41) is 3.25. The molecule has 5 heteroatoms. The SMILES string of the molecule is CC1(C)C2OCCCC2C1(N)C(=O)NC1CCc2ccccc21.Cl. The molecule has 4 nitrogen and oxygen atoms in total. The molecule has 1 aliphatic heterocycles. The number of nitrogens with two attached hydrogens (primary N) is 1. The predicted molar refractivity (Wildman–Crippen MR) is 96.1 cm³/mol. The van der Waals surface area contributed by atoms with Crippen molar-refractivity contribution in [2.24, 2.45) is 17.1 Å². The van der Waals surface area contributed by atoms with E-state index in [4.69, 9.17) is 10.5 Å². The highest BCUT2D eigenvalue weighted by molar-refractivity contribution is 5.90. The highest BCUT2D eigenvalue weighted by Crippen LogP contribution is 2.57. The normalized spacial score (nSPS) is 35.9. The van der Waals surface area contributed by atoms with E-state index in [2.05, 4.69) is 37.4 Å². The quantitative estimate of drug-likeness (QED) is 0.862. The summed E-state index contributed by atoms with van der Waals surface area (Å²) in [6.07, 6.45) is 4.08. The van der Waals surface area contributed by atoms with Crippen LogP contribution in [0.15, 0.2) is 24.3 Å². The molecule has 132 valence electrons. The first-order chi connectivity index (χ1) is 11.0. The molecular formula is C19H27ClN2O2. The van der Waals surface area contributed by atoms with Crippen LogP contribution < -0.4 is 11.1 Å². The van der Waals surface area contributed by atoms with Crippen molar-refractivity contribution in [3.05, 3.63) is 35.4 Å². The maximum absolute atomic E-state index is 13.1. The Bertz CT molecular complexity index is 648. The highest BCUT2D eigenvalue weighted by atomic mass is 35.5. The first-order valence-electron chi connectivity index (χ1n) is 8.75. The van der Waals surface area contributed by atoms with Gasteiger partial charge in [-0.05, 0) is 36.8 Å². The molecule has 4 unspecified atom stereocenters. The van der Waals surface area contributed by atoms with Gasteiger partial charge in [-0.25, -0.2) is 0 Å². The number of aryl methyl sites for hydroxylation is 1. The van der Waals surface area contributed by atoms with Gasteiger partial charge in [0.1, 0.15) is 5.54 Å². The van der Waals surface area contributed by atoms with Crippen molar-refractivity contribution in [2.45, 2.75) is 57.2 Å². The fraction of sp³-hybridized carbons (Fsp3) is 0.632. The van der Waals surface area contributed by atoms with Gasteiger partial charge in [-0.3, -0.25) is 4.79 Å². The Kier molecular flexibility index (Phi) is 4.44. The number of hydrogen-bond acceptors (Lipinski definition) is 3. The van der Waals surface area contributed by atoms with Gasteiger partial charge in [-0.2, -0.15) is 0 Å². The number of fused-ring (bicyclic) bond motifs is 2. The largest absolute Gasteiger partial charge is 0.377 e. The standard InChI is InChI=1S/C19H26N2O2.ClH/c1-18(2)16-14(8-5-11-23-16)19(18,20)17(22)21-15-10-9-12-6-3-4-7-13(12)15;/h3-4,6-7,14-16H,5,8-11,20H2,1-2H3,(H,21,22);1H. The number of ether oxygens (including phenoxy) is 1. The molecule has 0 aromatic heterocycles. The molecule has 3 aliphatic rings. The van der Waals surface area contributed by atoms with Gasteiger partial charge in [0.2, 0.25) is 5.91 Å². The number of benzene rings is 1. The Hall–Kier alpha value is -1.10. The van der Waals surface area contributed by atoms with Crippen molar-refractivity contribution in [3.63, 3.8) is 0 Å². The Morgan fingerprint density at radius 1 is 1.29 bits per heavy atom. The van der Waals surface area contributed by atoms with E-state index < -0.39 is 5.54 Å². The van der Waals surface area contributed by atoms with Gasteiger partial charge in [0, 0.05) is 17.9 Å². The summed E-state index contributed by atoms with van der Waals surface area (Å²) in [5.74, 6) is 0.138. The lowest BCUT2D eigenvalue weighted by atomic mass is 9.46. The molecule has 2 aliphatic carbocycles. The second-order valence-corrected chi connectivity index (χ2v) is 7.89. The van der Waals surface area contributed by atoms with Gasteiger partial charge in [0.25, 0.3) is 0 Å². The number of nitrogens with one attached hydrogen (secondary N) is 1. The molecule has 0 radical (unpaired) electrons. The number of hydrogen-bond donors (Lipinski definition) is 2. The molecule has 0 spiro atoms. The van der Waals surface area contributed by atoms with Crippen molar-refractivity contribution in [3.8, 4) is 0 Å². The molecule has 3 N–H and O–H groups in total. The van der Waals surface area contributed by atoms with Crippen LogP contribution in [0.1, 0.15) is 50.3 Å². The molecule has 1 amide bonds. The van der Waals surface area contributed by atoms with Crippen LogP contribution in [0.5, 0.6) is 0 Å². The lowest BCUT2D eigenvalue weighted by Crippen LogP contribution is -2.82. The lowest BCUT2D eigenvalue weighted by Gasteiger charge is -2.65. The van der Waals surface area contributed by atoms with E-state index in [1.165, 1.54) is 11.1 Å². The summed E-state index contributed by atoms with van der Waals surface area (Å²) in [5.41, 5.74) is 8.13. The average molecular weight is 351 g/mol. The zero-order valence-electron chi connectivity index (χ0n) is 14.4. The number of amides is 1. The number of halogens is 1. The molecule has 1 saturated heterocycles. The third-order valence-electron chi connectivity index (χ3n) is 6.50. The summed E-state index contributed by atoms with van der Waals surface area (Å²) in [7, 11) is 0. The van der Waals surface area contributed by atoms with Crippen molar-refractivity contribution >= 4 is 18.3 Å². The monoisotopic (exact) mass is 350 g/mol. The molecule has 1 saturated carbocycles. The van der Waals surface area contributed by atoms with E-state index in [-0.39, 0.29) is 41.8 Å². The fourth-order valence-corrected chi connectivity index (χ4v) is 5.02. The Labute approximate surface area is 149 Å². The number of carbonyl (C=O) groups is 1. The van der Waals surface area contributed by atoms with E-state index in [1.54, 1.807) is 0 Å². The van der Waals surface area contributed by atoms with E-state index in [0.29, 0.717) is 0 Å². The van der Waals surface area contributed by atoms with Crippen molar-refractivity contribution in [1.29, 1.82) is 0 Å². The zero-order valence-corrected chi connectivity index (χ0v) is 15.2. The second kappa shape index (κ2) is 6.01. The topological polar surface area (TPSA) is 64.3 Å². The van der Waals surface area contributed by atoms with Gasteiger partial charge in [-0.1, -0.05) is 38.1 Å². The van der Waals surface area contributed by atoms with Crippen LogP contribution >= 0.6 is 12.4 Å². The van der Waals surface area contributed by atoms with Crippen LogP contribution in [0.4, 0.5) is 0 Å². The van der Waals surface area contributed by atoms with Crippen molar-refractivity contribution in [1.82, 2.24) is 5.32 Å². The average Bonchev–Trinajstić information content (AvgIpc) is 2.97. The third-order valence-corrected chi connectivity index (χ3v) is 6.50. The summed E-state index contributed by atoms with van der Waals surface area (Å²) in [4.78, 5) is 13.1. The molecule has 1 heterocycles. The summed E-state index contributed by atoms with van der Waals surface area (Å²) in [6.45, 7) is 4.93. The fourth-order valence-electron chi connectivity index (χ4n) is 5.02. The molecule has 24 heavy (non-hydrogen) atoms. The number of rotatable bonds is 2. The minimum Gasteiger partial charge on any atom is -0.377 e. The maximum Gasteiger partial charge on any atom is 0.241 e. The third kappa shape index (κ3) is 2.23. The first kappa shape index (κ1) is 17.7. The summed E-state index contributed by atoms with van der Waals surface area (Å²) >= 11 is 0. The first-order valence-corrected chi connectivity index (χ1v) is 8.75. The maximum atomic E-state index is 13.1. The molecule has 1 aromatic carbocycles. The Morgan fingerprint density at radius 3 is 2.83 bits per heavy atom. The van der Waals surface area contributed by atoms with E-state index >= 15 is 0 Å². The van der Waals surface area contributed by atoms with E-state index in [9.17, 15) is 4.79 Å². The highest BCUT2D eigenvalue weighted by Gasteiger charge is 2.70. The van der Waals surface area contributed by atoms with Gasteiger partial charge >= 0.3 is 0 Å². The second-order valence-electron chi connectivity index (χ2n) is 7.89. The van der Waals surface area contributed by atoms with Gasteiger partial charge in [0.05, 0.1) is 12.1 Å². The van der Waals surface area contributed by atoms with Crippen LogP contribution in [0.25, 0.3) is 0 Å². The molecule has 2 fully saturated rings. The number of carbonyl (C=O) groups excluding carboxylic acids is 1. The van der Waals surface area contributed by atoms with Crippen LogP contribution in [-0.2, 0) is 16.0 Å². The van der Waals surface area contributed by atoms with Crippen LogP contribution in [0.3, 0.4) is 0 Å². The van der Waals surface area contributed by atoms with Gasteiger partial charge in [-0.15, -0.1) is 12.4 Å². The van der Waals surface area contributed by atoms with E-state index in [1.807, 2.05) is 6.07 Å². The summed E-state index contributed by atoms with van der Waals surface area (Å²) < 4.78 is 5.90. The molecule has 4 atom stereocenters. The minimum absolute atomic E-state index is 0. The predicted octanol–water partition coefficient (Wildman–Crippen LogP) is 2.74. The zero-order chi connectivity index (χ0) is 16.2. The molecule has 4 rings (SSSR count). The smallest absolute Gasteiger partial charge is 0.241 e. The van der Waals surface area contributed by atoms with E-state index in [0.717, 1.165) is 32.3 Å². The van der Waals surface area contributed by atoms with Gasteiger partial charge < -0.3 is 15.8 Å². The van der Waals surface area contributed by atoms with Crippen LogP contribution in [0.2, 0.25) is 0 Å². The molecule has 1 aromatic rings. The van der Waals surface area contributed by atoms with Crippen LogP contribution in [-0.4, -0.2) is 24.2 Å². The minimum atomic E-state index is -0.824. The van der Waals surface area contributed by atoms with Crippen LogP contribution in [0, 0.1) is 11.3 Å². The van der Waals surface area contributed by atoms with Crippen molar-refractivity contribution in [2.75, 3.05) is 6.61 Å². The Morgan fingerprint density at radius 2 is 2.04 bits per heavy atom. The van der Waals surface area contributed by atoms with Gasteiger partial charge in [0.15, 0.2) is 0 Å². The molecule has 0 bridgehead atoms. The Balaban J connectivity index is 0.00000169. The summed E-state index contributed by atoms with van der Waals surface area (Å²) in [6, 6.07) is 8.47. The lowest BCUT2D eigenvalue weighted by molar-refractivity contribution is -0.225. The van der Waals surface area contributed by atoms with Crippen molar-refractivity contribution < 1.29 is 9.53 Å². The molecular weight excluding hydrogens is 324 g/mol.